The molecule has 0 saturated heterocycles. The van der Waals surface area contributed by atoms with Crippen LogP contribution in [0.1, 0.15) is 23.2 Å². The second kappa shape index (κ2) is 5.61. The number of alkyl halides is 1. The molecule has 0 bridgehead atoms. The standard InChI is InChI=1S/C13H15Br2NO2/c1-16(7-8-4-10(15)5-8)13(18)11-3-2-9(14)6-12(11)17/h2-3,6,8,10,17H,4-5,7H2,1H3. The van der Waals surface area contributed by atoms with Crippen LogP contribution in [0.5, 0.6) is 5.75 Å². The van der Waals surface area contributed by atoms with E-state index in [0.29, 0.717) is 16.3 Å². The van der Waals surface area contributed by atoms with Crippen LogP contribution in [0.3, 0.4) is 0 Å². The van der Waals surface area contributed by atoms with Crippen LogP contribution < -0.4 is 0 Å². The molecule has 0 unspecified atom stereocenters. The Kier molecular flexibility index (Phi) is 4.33. The Hall–Kier alpha value is -0.550. The van der Waals surface area contributed by atoms with Gasteiger partial charge in [-0.2, -0.15) is 0 Å². The third-order valence-corrected chi connectivity index (χ3v) is 4.49. The number of benzene rings is 1. The highest BCUT2D eigenvalue weighted by atomic mass is 79.9. The SMILES string of the molecule is CN(CC1CC(Br)C1)C(=O)c1ccc(Br)cc1O. The zero-order valence-corrected chi connectivity index (χ0v) is 13.2. The molecule has 0 atom stereocenters. The first-order valence-corrected chi connectivity index (χ1v) is 7.56. The lowest BCUT2D eigenvalue weighted by molar-refractivity contribution is 0.0746. The van der Waals surface area contributed by atoms with Crippen molar-refractivity contribution in [1.82, 2.24) is 4.90 Å². The lowest BCUT2D eigenvalue weighted by atomic mass is 9.85. The molecule has 1 aromatic rings. The molecule has 1 aliphatic carbocycles. The Morgan fingerprint density at radius 1 is 1.50 bits per heavy atom. The predicted octanol–water partition coefficient (Wildman–Crippen LogP) is 3.40. The molecule has 18 heavy (non-hydrogen) atoms. The maximum absolute atomic E-state index is 12.2. The average molecular weight is 377 g/mol. The highest BCUT2D eigenvalue weighted by Gasteiger charge is 2.29. The molecule has 1 aliphatic rings. The molecule has 0 spiro atoms. The highest BCUT2D eigenvalue weighted by Crippen LogP contribution is 2.34. The molecule has 0 aromatic heterocycles. The maximum atomic E-state index is 12.2. The largest absolute Gasteiger partial charge is 0.507 e. The van der Waals surface area contributed by atoms with Crippen molar-refractivity contribution in [1.29, 1.82) is 0 Å². The summed E-state index contributed by atoms with van der Waals surface area (Å²) in [6, 6.07) is 4.95. The number of carbonyl (C=O) groups is 1. The molecule has 1 amide bonds. The minimum atomic E-state index is -0.127. The van der Waals surface area contributed by atoms with Gasteiger partial charge in [-0.1, -0.05) is 31.9 Å². The van der Waals surface area contributed by atoms with Gasteiger partial charge in [-0.25, -0.2) is 0 Å². The van der Waals surface area contributed by atoms with E-state index in [2.05, 4.69) is 31.9 Å². The summed E-state index contributed by atoms with van der Waals surface area (Å²) in [5.41, 5.74) is 0.357. The highest BCUT2D eigenvalue weighted by molar-refractivity contribution is 9.10. The van der Waals surface area contributed by atoms with Crippen molar-refractivity contribution in [2.24, 2.45) is 5.92 Å². The van der Waals surface area contributed by atoms with Crippen LogP contribution in [0.2, 0.25) is 0 Å². The van der Waals surface area contributed by atoms with Crippen molar-refractivity contribution in [2.45, 2.75) is 17.7 Å². The Morgan fingerprint density at radius 3 is 2.72 bits per heavy atom. The molecule has 1 saturated carbocycles. The van der Waals surface area contributed by atoms with Crippen molar-refractivity contribution >= 4 is 37.8 Å². The smallest absolute Gasteiger partial charge is 0.257 e. The van der Waals surface area contributed by atoms with Crippen LogP contribution in [-0.4, -0.2) is 34.3 Å². The van der Waals surface area contributed by atoms with Crippen LogP contribution in [0.25, 0.3) is 0 Å². The third kappa shape index (κ3) is 3.06. The molecule has 98 valence electrons. The molecule has 0 heterocycles. The van der Waals surface area contributed by atoms with Gasteiger partial charge in [-0.3, -0.25) is 4.79 Å². The predicted molar refractivity (Wildman–Crippen MR) is 78.2 cm³/mol. The van der Waals surface area contributed by atoms with Crippen LogP contribution in [0.4, 0.5) is 0 Å². The van der Waals surface area contributed by atoms with Crippen molar-refractivity contribution in [3.63, 3.8) is 0 Å². The summed E-state index contributed by atoms with van der Waals surface area (Å²) in [6.07, 6.45) is 2.23. The van der Waals surface area contributed by atoms with Crippen molar-refractivity contribution < 1.29 is 9.90 Å². The summed E-state index contributed by atoms with van der Waals surface area (Å²) >= 11 is 6.80. The zero-order chi connectivity index (χ0) is 13.3. The van der Waals surface area contributed by atoms with E-state index < -0.39 is 0 Å². The third-order valence-electron chi connectivity index (χ3n) is 3.25. The van der Waals surface area contributed by atoms with E-state index in [1.807, 2.05) is 0 Å². The molecule has 1 fully saturated rings. The number of rotatable bonds is 3. The van der Waals surface area contributed by atoms with E-state index in [-0.39, 0.29) is 11.7 Å². The summed E-state index contributed by atoms with van der Waals surface area (Å²) in [5, 5.41) is 9.77. The van der Waals surface area contributed by atoms with Crippen LogP contribution in [0.15, 0.2) is 22.7 Å². The van der Waals surface area contributed by atoms with Crippen LogP contribution >= 0.6 is 31.9 Å². The van der Waals surface area contributed by atoms with Crippen molar-refractivity contribution in [2.75, 3.05) is 13.6 Å². The van der Waals surface area contributed by atoms with E-state index in [1.54, 1.807) is 30.1 Å². The van der Waals surface area contributed by atoms with Crippen LogP contribution in [0, 0.1) is 5.92 Å². The average Bonchev–Trinajstić information content (AvgIpc) is 2.26. The molecule has 0 radical (unpaired) electrons. The van der Waals surface area contributed by atoms with Gasteiger partial charge in [-0.15, -0.1) is 0 Å². The summed E-state index contributed by atoms with van der Waals surface area (Å²) in [4.78, 5) is 14.5. The Labute approximate surface area is 123 Å². The minimum absolute atomic E-state index is 0.0215. The fourth-order valence-electron chi connectivity index (χ4n) is 2.16. The van der Waals surface area contributed by atoms with Gasteiger partial charge in [0.25, 0.3) is 5.91 Å². The molecule has 0 aliphatic heterocycles. The van der Waals surface area contributed by atoms with Gasteiger partial charge in [-0.05, 0) is 37.0 Å². The number of phenols is 1. The second-order valence-electron chi connectivity index (χ2n) is 4.78. The summed E-state index contributed by atoms with van der Waals surface area (Å²) in [7, 11) is 1.78. The number of nitrogens with zero attached hydrogens (tertiary/aromatic N) is 1. The molecule has 1 aromatic carbocycles. The normalized spacial score (nSPS) is 22.4. The molecular weight excluding hydrogens is 362 g/mol. The van der Waals surface area contributed by atoms with Gasteiger partial charge in [0.2, 0.25) is 0 Å². The van der Waals surface area contributed by atoms with Gasteiger partial charge in [0, 0.05) is 22.9 Å². The summed E-state index contributed by atoms with van der Waals surface area (Å²) in [6.45, 7) is 0.746. The first-order chi connectivity index (χ1) is 8.47. The van der Waals surface area contributed by atoms with Gasteiger partial charge in [0.05, 0.1) is 5.56 Å². The van der Waals surface area contributed by atoms with E-state index >= 15 is 0 Å². The monoisotopic (exact) mass is 375 g/mol. The topological polar surface area (TPSA) is 40.5 Å². The van der Waals surface area contributed by atoms with Gasteiger partial charge in [0.15, 0.2) is 0 Å². The maximum Gasteiger partial charge on any atom is 0.257 e. The lowest BCUT2D eigenvalue weighted by Crippen LogP contribution is -2.37. The number of halogens is 2. The lowest BCUT2D eigenvalue weighted by Gasteiger charge is -2.34. The van der Waals surface area contributed by atoms with E-state index in [1.165, 1.54) is 0 Å². The van der Waals surface area contributed by atoms with Crippen molar-refractivity contribution in [3.8, 4) is 5.75 Å². The molecular formula is C13H15Br2NO2. The number of carbonyl (C=O) groups excluding carboxylic acids is 1. The van der Waals surface area contributed by atoms with Gasteiger partial charge in [0.1, 0.15) is 5.75 Å². The molecule has 1 N–H and O–H groups in total. The van der Waals surface area contributed by atoms with Crippen molar-refractivity contribution in [3.05, 3.63) is 28.2 Å². The van der Waals surface area contributed by atoms with E-state index in [0.717, 1.165) is 23.9 Å². The fourth-order valence-corrected chi connectivity index (χ4v) is 3.57. The summed E-state index contributed by atoms with van der Waals surface area (Å²) < 4.78 is 0.764. The minimum Gasteiger partial charge on any atom is -0.507 e. The number of hydrogen-bond donors (Lipinski definition) is 1. The second-order valence-corrected chi connectivity index (χ2v) is 6.99. The van der Waals surface area contributed by atoms with Gasteiger partial charge < -0.3 is 10.0 Å². The Balaban J connectivity index is 2.01. The molecule has 5 heteroatoms. The number of phenolic OH excluding ortho intramolecular Hbond substituents is 1. The number of hydrogen-bond acceptors (Lipinski definition) is 2. The Bertz CT molecular complexity index is 458. The first-order valence-electron chi connectivity index (χ1n) is 5.85. The first kappa shape index (κ1) is 13.9. The number of aromatic hydroxyl groups is 1. The summed E-state index contributed by atoms with van der Waals surface area (Å²) in [5.74, 6) is 0.465. The van der Waals surface area contributed by atoms with E-state index in [9.17, 15) is 9.90 Å². The quantitative estimate of drug-likeness (QED) is 0.821. The van der Waals surface area contributed by atoms with E-state index in [4.69, 9.17) is 0 Å². The Morgan fingerprint density at radius 2 is 2.17 bits per heavy atom. The fraction of sp³-hybridized carbons (Fsp3) is 0.462. The van der Waals surface area contributed by atoms with Crippen LogP contribution in [-0.2, 0) is 0 Å². The number of amides is 1. The molecule has 2 rings (SSSR count). The molecule has 3 nitrogen and oxygen atoms in total. The zero-order valence-electron chi connectivity index (χ0n) is 10.1. The van der Waals surface area contributed by atoms with Gasteiger partial charge >= 0.3 is 0 Å².